The van der Waals surface area contributed by atoms with Crippen molar-refractivity contribution in [1.29, 1.82) is 0 Å². The Morgan fingerprint density at radius 2 is 1.86 bits per heavy atom. The normalized spacial score (nSPS) is 27.6. The Kier molecular flexibility index (Phi) is 2.38. The molecule has 0 spiro atoms. The van der Waals surface area contributed by atoms with E-state index in [0.717, 1.165) is 24.8 Å². The number of ketones is 1. The van der Waals surface area contributed by atoms with Gasteiger partial charge in [-0.1, -0.05) is 36.8 Å². The van der Waals surface area contributed by atoms with Crippen LogP contribution in [0, 0.1) is 0 Å². The standard InChI is InChI=1S/C12H15NO/c13-12(9-5-4-8-11(12)14)10-6-2-1-3-7-10/h1-3,6-7H,4-5,8-9,13H2/t12-/m0/s1. The highest BCUT2D eigenvalue weighted by molar-refractivity contribution is 5.90. The van der Waals surface area contributed by atoms with Crippen LogP contribution in [0.3, 0.4) is 0 Å². The van der Waals surface area contributed by atoms with E-state index in [4.69, 9.17) is 5.73 Å². The summed E-state index contributed by atoms with van der Waals surface area (Å²) in [6.07, 6.45) is 3.46. The van der Waals surface area contributed by atoms with E-state index in [1.54, 1.807) is 0 Å². The Hall–Kier alpha value is -1.15. The van der Waals surface area contributed by atoms with Crippen molar-refractivity contribution in [3.05, 3.63) is 35.9 Å². The first-order chi connectivity index (χ1) is 6.73. The Labute approximate surface area is 84.1 Å². The molecule has 1 atom stereocenters. The van der Waals surface area contributed by atoms with Crippen LogP contribution in [0.1, 0.15) is 31.2 Å². The average molecular weight is 189 g/mol. The van der Waals surface area contributed by atoms with Crippen molar-refractivity contribution < 1.29 is 4.79 Å². The second-order valence-corrected chi connectivity index (χ2v) is 3.97. The van der Waals surface area contributed by atoms with Gasteiger partial charge in [-0.3, -0.25) is 4.79 Å². The molecule has 1 aromatic carbocycles. The SMILES string of the molecule is N[C@]1(c2ccccc2)CCCCC1=O. The smallest absolute Gasteiger partial charge is 0.157 e. The third-order valence-electron chi connectivity index (χ3n) is 3.01. The van der Waals surface area contributed by atoms with Crippen LogP contribution in [0.5, 0.6) is 0 Å². The lowest BCUT2D eigenvalue weighted by Gasteiger charge is -2.32. The zero-order chi connectivity index (χ0) is 10.0. The van der Waals surface area contributed by atoms with Gasteiger partial charge in [-0.15, -0.1) is 0 Å². The molecule has 1 aliphatic carbocycles. The molecule has 0 radical (unpaired) electrons. The maximum atomic E-state index is 11.8. The molecule has 2 nitrogen and oxygen atoms in total. The molecular formula is C12H15NO. The van der Waals surface area contributed by atoms with E-state index in [2.05, 4.69) is 0 Å². The van der Waals surface area contributed by atoms with Gasteiger partial charge in [0.05, 0.1) is 0 Å². The summed E-state index contributed by atoms with van der Waals surface area (Å²) in [4.78, 5) is 11.8. The van der Waals surface area contributed by atoms with Crippen LogP contribution < -0.4 is 5.73 Å². The molecule has 2 rings (SSSR count). The lowest BCUT2D eigenvalue weighted by Crippen LogP contribution is -2.46. The summed E-state index contributed by atoms with van der Waals surface area (Å²) < 4.78 is 0. The molecule has 74 valence electrons. The summed E-state index contributed by atoms with van der Waals surface area (Å²) in [5, 5.41) is 0. The monoisotopic (exact) mass is 189 g/mol. The van der Waals surface area contributed by atoms with Gasteiger partial charge in [0.25, 0.3) is 0 Å². The van der Waals surface area contributed by atoms with E-state index in [1.165, 1.54) is 0 Å². The maximum Gasteiger partial charge on any atom is 0.157 e. The summed E-state index contributed by atoms with van der Waals surface area (Å²) in [5.41, 5.74) is 6.43. The predicted octanol–water partition coefficient (Wildman–Crippen LogP) is 1.98. The fourth-order valence-electron chi connectivity index (χ4n) is 2.09. The molecule has 1 aromatic rings. The van der Waals surface area contributed by atoms with Crippen LogP contribution >= 0.6 is 0 Å². The highest BCUT2D eigenvalue weighted by Gasteiger charge is 2.36. The molecule has 1 aliphatic rings. The number of benzene rings is 1. The number of hydrogen-bond acceptors (Lipinski definition) is 2. The lowest BCUT2D eigenvalue weighted by molar-refractivity contribution is -0.126. The molecule has 2 heteroatoms. The Morgan fingerprint density at radius 3 is 2.50 bits per heavy atom. The van der Waals surface area contributed by atoms with Crippen molar-refractivity contribution in [1.82, 2.24) is 0 Å². The van der Waals surface area contributed by atoms with Gasteiger partial charge in [0.1, 0.15) is 5.54 Å². The molecule has 0 aromatic heterocycles. The zero-order valence-corrected chi connectivity index (χ0v) is 8.20. The number of nitrogens with two attached hydrogens (primary N) is 1. The molecule has 14 heavy (non-hydrogen) atoms. The fourth-order valence-corrected chi connectivity index (χ4v) is 2.09. The molecular weight excluding hydrogens is 174 g/mol. The first-order valence-electron chi connectivity index (χ1n) is 5.11. The van der Waals surface area contributed by atoms with E-state index < -0.39 is 5.54 Å². The third-order valence-corrected chi connectivity index (χ3v) is 3.01. The summed E-state index contributed by atoms with van der Waals surface area (Å²) in [6.45, 7) is 0. The number of hydrogen-bond donors (Lipinski definition) is 1. The largest absolute Gasteiger partial charge is 0.315 e. The van der Waals surface area contributed by atoms with E-state index in [-0.39, 0.29) is 5.78 Å². The van der Waals surface area contributed by atoms with Crippen LogP contribution in [-0.2, 0) is 10.3 Å². The van der Waals surface area contributed by atoms with Gasteiger partial charge in [0, 0.05) is 6.42 Å². The molecule has 0 aliphatic heterocycles. The Balaban J connectivity index is 2.35. The highest BCUT2D eigenvalue weighted by atomic mass is 16.1. The van der Waals surface area contributed by atoms with Gasteiger partial charge < -0.3 is 5.73 Å². The van der Waals surface area contributed by atoms with Crippen LogP contribution in [0.15, 0.2) is 30.3 Å². The molecule has 0 amide bonds. The van der Waals surface area contributed by atoms with Crippen LogP contribution in [0.2, 0.25) is 0 Å². The number of carbonyl (C=O) groups is 1. The van der Waals surface area contributed by atoms with Crippen molar-refractivity contribution in [2.24, 2.45) is 5.73 Å². The minimum atomic E-state index is -0.709. The summed E-state index contributed by atoms with van der Waals surface area (Å²) in [5.74, 6) is 0.190. The van der Waals surface area contributed by atoms with Gasteiger partial charge in [0.15, 0.2) is 5.78 Å². The molecule has 2 N–H and O–H groups in total. The van der Waals surface area contributed by atoms with E-state index in [0.29, 0.717) is 6.42 Å². The quantitative estimate of drug-likeness (QED) is 0.734. The minimum absolute atomic E-state index is 0.190. The van der Waals surface area contributed by atoms with Crippen molar-refractivity contribution in [3.63, 3.8) is 0 Å². The molecule has 0 saturated heterocycles. The van der Waals surface area contributed by atoms with Crippen molar-refractivity contribution >= 4 is 5.78 Å². The summed E-state index contributed by atoms with van der Waals surface area (Å²) in [7, 11) is 0. The van der Waals surface area contributed by atoms with E-state index in [9.17, 15) is 4.79 Å². The highest BCUT2D eigenvalue weighted by Crippen LogP contribution is 2.31. The fraction of sp³-hybridized carbons (Fsp3) is 0.417. The van der Waals surface area contributed by atoms with Crippen LogP contribution in [0.4, 0.5) is 0 Å². The molecule has 0 bridgehead atoms. The number of rotatable bonds is 1. The van der Waals surface area contributed by atoms with Crippen LogP contribution in [-0.4, -0.2) is 5.78 Å². The minimum Gasteiger partial charge on any atom is -0.315 e. The van der Waals surface area contributed by atoms with Gasteiger partial charge in [-0.2, -0.15) is 0 Å². The predicted molar refractivity (Wildman–Crippen MR) is 55.8 cm³/mol. The number of carbonyl (C=O) groups excluding carboxylic acids is 1. The second-order valence-electron chi connectivity index (χ2n) is 3.97. The van der Waals surface area contributed by atoms with Crippen LogP contribution in [0.25, 0.3) is 0 Å². The first-order valence-corrected chi connectivity index (χ1v) is 5.11. The van der Waals surface area contributed by atoms with Crippen molar-refractivity contribution in [2.75, 3.05) is 0 Å². The van der Waals surface area contributed by atoms with Gasteiger partial charge in [-0.05, 0) is 18.4 Å². The lowest BCUT2D eigenvalue weighted by atomic mass is 9.76. The second kappa shape index (κ2) is 3.54. The Bertz CT molecular complexity index is 333. The average Bonchev–Trinajstić information content (AvgIpc) is 2.24. The number of Topliss-reactive ketones (excluding diaryl/α,β-unsaturated/α-hetero) is 1. The topological polar surface area (TPSA) is 43.1 Å². The van der Waals surface area contributed by atoms with Gasteiger partial charge in [-0.25, -0.2) is 0 Å². The molecule has 1 saturated carbocycles. The zero-order valence-electron chi connectivity index (χ0n) is 8.20. The third kappa shape index (κ3) is 1.46. The molecule has 1 fully saturated rings. The maximum absolute atomic E-state index is 11.8. The van der Waals surface area contributed by atoms with E-state index >= 15 is 0 Å². The van der Waals surface area contributed by atoms with Gasteiger partial charge >= 0.3 is 0 Å². The Morgan fingerprint density at radius 1 is 1.14 bits per heavy atom. The molecule has 0 heterocycles. The van der Waals surface area contributed by atoms with Gasteiger partial charge in [0.2, 0.25) is 0 Å². The van der Waals surface area contributed by atoms with E-state index in [1.807, 2.05) is 30.3 Å². The molecule has 0 unspecified atom stereocenters. The summed E-state index contributed by atoms with van der Waals surface area (Å²) in [6, 6.07) is 9.71. The first kappa shape index (κ1) is 9.41. The van der Waals surface area contributed by atoms with Crippen molar-refractivity contribution in [2.45, 2.75) is 31.2 Å². The van der Waals surface area contributed by atoms with Crippen molar-refractivity contribution in [3.8, 4) is 0 Å². The summed E-state index contributed by atoms with van der Waals surface area (Å²) >= 11 is 0.